The standard InChI is InChI=1S/C11H8BrClN2O2/c1-17-11(16)9-5-14-10(15-9)7-4-6(12)2-3-8(7)13/h2-5H,1H3,(H,14,15). The quantitative estimate of drug-likeness (QED) is 0.865. The molecule has 0 aliphatic heterocycles. The number of carbonyl (C=O) groups is 1. The number of rotatable bonds is 2. The average Bonchev–Trinajstić information content (AvgIpc) is 2.80. The molecule has 0 fully saturated rings. The fourth-order valence-corrected chi connectivity index (χ4v) is 1.92. The number of imidazole rings is 1. The van der Waals surface area contributed by atoms with E-state index < -0.39 is 5.97 Å². The molecule has 0 spiro atoms. The van der Waals surface area contributed by atoms with Crippen LogP contribution in [0.1, 0.15) is 10.5 Å². The first-order valence-corrected chi connectivity index (χ1v) is 5.87. The Kier molecular flexibility index (Phi) is 3.49. The third-order valence-corrected chi connectivity index (χ3v) is 2.99. The lowest BCUT2D eigenvalue weighted by atomic mass is 10.2. The number of aromatic nitrogens is 2. The van der Waals surface area contributed by atoms with Gasteiger partial charge in [-0.1, -0.05) is 27.5 Å². The van der Waals surface area contributed by atoms with E-state index in [2.05, 4.69) is 30.6 Å². The van der Waals surface area contributed by atoms with Gasteiger partial charge in [0.1, 0.15) is 11.5 Å². The van der Waals surface area contributed by atoms with Crippen molar-refractivity contribution in [2.45, 2.75) is 0 Å². The van der Waals surface area contributed by atoms with E-state index >= 15 is 0 Å². The van der Waals surface area contributed by atoms with Crippen LogP contribution in [-0.2, 0) is 4.74 Å². The van der Waals surface area contributed by atoms with Gasteiger partial charge in [-0.25, -0.2) is 9.78 Å². The first-order valence-electron chi connectivity index (χ1n) is 4.70. The zero-order valence-electron chi connectivity index (χ0n) is 8.83. The highest BCUT2D eigenvalue weighted by atomic mass is 79.9. The van der Waals surface area contributed by atoms with Gasteiger partial charge in [-0.2, -0.15) is 0 Å². The Morgan fingerprint density at radius 2 is 2.29 bits per heavy atom. The molecule has 1 heterocycles. The molecule has 0 aliphatic rings. The summed E-state index contributed by atoms with van der Waals surface area (Å²) in [6.45, 7) is 0. The molecule has 17 heavy (non-hydrogen) atoms. The van der Waals surface area contributed by atoms with Crippen LogP contribution in [0.15, 0.2) is 28.9 Å². The van der Waals surface area contributed by atoms with E-state index in [1.165, 1.54) is 13.3 Å². The molecule has 0 atom stereocenters. The van der Waals surface area contributed by atoms with Crippen molar-refractivity contribution in [2.75, 3.05) is 7.11 Å². The van der Waals surface area contributed by atoms with Crippen molar-refractivity contribution in [2.24, 2.45) is 0 Å². The predicted molar refractivity (Wildman–Crippen MR) is 68.1 cm³/mol. The van der Waals surface area contributed by atoms with Crippen LogP contribution in [0.2, 0.25) is 5.02 Å². The van der Waals surface area contributed by atoms with Crippen LogP contribution in [0, 0.1) is 0 Å². The number of carbonyl (C=O) groups excluding carboxylic acids is 1. The van der Waals surface area contributed by atoms with Crippen molar-refractivity contribution in [3.8, 4) is 11.4 Å². The molecule has 2 aromatic rings. The van der Waals surface area contributed by atoms with Gasteiger partial charge in [-0.3, -0.25) is 0 Å². The molecule has 0 amide bonds. The molecule has 2 rings (SSSR count). The van der Waals surface area contributed by atoms with Gasteiger partial charge in [0.05, 0.1) is 18.3 Å². The molecule has 0 radical (unpaired) electrons. The molecule has 0 saturated heterocycles. The molecule has 1 aromatic carbocycles. The predicted octanol–water partition coefficient (Wildman–Crippen LogP) is 3.28. The number of H-pyrrole nitrogens is 1. The number of aromatic amines is 1. The summed E-state index contributed by atoms with van der Waals surface area (Å²) >= 11 is 9.41. The van der Waals surface area contributed by atoms with E-state index in [1.807, 2.05) is 12.1 Å². The number of nitrogens with one attached hydrogen (secondary N) is 1. The molecule has 4 nitrogen and oxygen atoms in total. The second kappa shape index (κ2) is 4.89. The number of methoxy groups -OCH3 is 1. The van der Waals surface area contributed by atoms with Gasteiger partial charge in [-0.05, 0) is 18.2 Å². The molecule has 1 aromatic heterocycles. The van der Waals surface area contributed by atoms with Crippen LogP contribution < -0.4 is 0 Å². The highest BCUT2D eigenvalue weighted by Crippen LogP contribution is 2.28. The van der Waals surface area contributed by atoms with Crippen molar-refractivity contribution in [3.05, 3.63) is 39.6 Å². The molecular weight excluding hydrogens is 307 g/mol. The Balaban J connectivity index is 2.43. The minimum Gasteiger partial charge on any atom is -0.464 e. The molecule has 0 bridgehead atoms. The number of hydrogen-bond acceptors (Lipinski definition) is 3. The summed E-state index contributed by atoms with van der Waals surface area (Å²) in [5.74, 6) is 0.0616. The third kappa shape index (κ3) is 2.50. The highest BCUT2D eigenvalue weighted by molar-refractivity contribution is 9.10. The number of nitrogens with zero attached hydrogens (tertiary/aromatic N) is 1. The Hall–Kier alpha value is -1.33. The lowest BCUT2D eigenvalue weighted by Gasteiger charge is -2.01. The van der Waals surface area contributed by atoms with E-state index in [-0.39, 0.29) is 0 Å². The fourth-order valence-electron chi connectivity index (χ4n) is 1.35. The number of esters is 1. The fraction of sp³-hybridized carbons (Fsp3) is 0.0909. The van der Waals surface area contributed by atoms with E-state index in [9.17, 15) is 4.79 Å². The molecule has 0 unspecified atom stereocenters. The van der Waals surface area contributed by atoms with Crippen molar-refractivity contribution in [1.82, 2.24) is 9.97 Å². The zero-order chi connectivity index (χ0) is 12.4. The first kappa shape index (κ1) is 12.1. The van der Waals surface area contributed by atoms with E-state index in [1.54, 1.807) is 6.07 Å². The summed E-state index contributed by atoms with van der Waals surface area (Å²) in [5.41, 5.74) is 1.01. The van der Waals surface area contributed by atoms with Crippen molar-refractivity contribution in [3.63, 3.8) is 0 Å². The zero-order valence-corrected chi connectivity index (χ0v) is 11.2. The van der Waals surface area contributed by atoms with E-state index in [0.29, 0.717) is 16.5 Å². The number of ether oxygens (including phenoxy) is 1. The van der Waals surface area contributed by atoms with Crippen LogP contribution in [0.5, 0.6) is 0 Å². The number of hydrogen-bond donors (Lipinski definition) is 1. The number of benzene rings is 1. The molecular formula is C11H8BrClN2O2. The second-order valence-electron chi connectivity index (χ2n) is 3.26. The highest BCUT2D eigenvalue weighted by Gasteiger charge is 2.12. The Morgan fingerprint density at radius 1 is 1.53 bits per heavy atom. The summed E-state index contributed by atoms with van der Waals surface area (Å²) < 4.78 is 5.47. The van der Waals surface area contributed by atoms with Crippen LogP contribution in [0.4, 0.5) is 0 Å². The molecule has 0 aliphatic carbocycles. The van der Waals surface area contributed by atoms with Crippen LogP contribution in [0.25, 0.3) is 11.4 Å². The van der Waals surface area contributed by atoms with Crippen molar-refractivity contribution < 1.29 is 9.53 Å². The monoisotopic (exact) mass is 314 g/mol. The minimum absolute atomic E-state index is 0.290. The first-order chi connectivity index (χ1) is 8.11. The summed E-state index contributed by atoms with van der Waals surface area (Å²) in [5, 5.41) is 0.555. The van der Waals surface area contributed by atoms with Gasteiger partial charge in [-0.15, -0.1) is 0 Å². The van der Waals surface area contributed by atoms with Gasteiger partial charge in [0.25, 0.3) is 0 Å². The minimum atomic E-state index is -0.463. The molecule has 6 heteroatoms. The summed E-state index contributed by atoms with van der Waals surface area (Å²) in [7, 11) is 1.31. The lowest BCUT2D eigenvalue weighted by Crippen LogP contribution is -2.00. The SMILES string of the molecule is COC(=O)c1cnc(-c2cc(Br)ccc2Cl)[nH]1. The van der Waals surface area contributed by atoms with Crippen LogP contribution >= 0.6 is 27.5 Å². The van der Waals surface area contributed by atoms with Gasteiger partial charge < -0.3 is 9.72 Å². The summed E-state index contributed by atoms with van der Waals surface area (Å²) in [4.78, 5) is 18.2. The van der Waals surface area contributed by atoms with Gasteiger partial charge >= 0.3 is 5.97 Å². The largest absolute Gasteiger partial charge is 0.464 e. The van der Waals surface area contributed by atoms with Gasteiger partial charge in [0.2, 0.25) is 0 Å². The Morgan fingerprint density at radius 3 is 3.00 bits per heavy atom. The van der Waals surface area contributed by atoms with Crippen molar-refractivity contribution in [1.29, 1.82) is 0 Å². The van der Waals surface area contributed by atoms with Crippen LogP contribution in [0.3, 0.4) is 0 Å². The maximum atomic E-state index is 11.3. The smallest absolute Gasteiger partial charge is 0.356 e. The summed E-state index contributed by atoms with van der Waals surface area (Å²) in [6, 6.07) is 5.40. The van der Waals surface area contributed by atoms with Crippen LogP contribution in [-0.4, -0.2) is 23.0 Å². The van der Waals surface area contributed by atoms with E-state index in [4.69, 9.17) is 11.6 Å². The van der Waals surface area contributed by atoms with E-state index in [0.717, 1.165) is 10.0 Å². The van der Waals surface area contributed by atoms with Crippen molar-refractivity contribution >= 4 is 33.5 Å². The maximum Gasteiger partial charge on any atom is 0.356 e. The topological polar surface area (TPSA) is 55.0 Å². The van der Waals surface area contributed by atoms with Gasteiger partial charge in [0.15, 0.2) is 0 Å². The normalized spacial score (nSPS) is 10.3. The molecule has 1 N–H and O–H groups in total. The molecule has 88 valence electrons. The van der Waals surface area contributed by atoms with Gasteiger partial charge in [0, 0.05) is 10.0 Å². The summed E-state index contributed by atoms with van der Waals surface area (Å²) in [6.07, 6.45) is 1.42. The average molecular weight is 316 g/mol. The second-order valence-corrected chi connectivity index (χ2v) is 4.58. The molecule has 0 saturated carbocycles. The maximum absolute atomic E-state index is 11.3. The Bertz CT molecular complexity index is 568. The number of halogens is 2. The Labute approximate surface area is 111 Å². The lowest BCUT2D eigenvalue weighted by molar-refractivity contribution is 0.0595. The third-order valence-electron chi connectivity index (χ3n) is 2.16.